The van der Waals surface area contributed by atoms with Crippen molar-refractivity contribution >= 4 is 0 Å². The van der Waals surface area contributed by atoms with E-state index in [2.05, 4.69) is 11.1 Å². The lowest BCUT2D eigenvalue weighted by molar-refractivity contribution is 0.412. The van der Waals surface area contributed by atoms with Gasteiger partial charge in [0.15, 0.2) is 5.69 Å². The molecule has 0 fully saturated rings. The van der Waals surface area contributed by atoms with Crippen LogP contribution in [0.4, 0.5) is 0 Å². The first kappa shape index (κ1) is 12.2. The number of hydrogen-bond donors (Lipinski definition) is 0. The molecule has 1 aromatic heterocycles. The highest BCUT2D eigenvalue weighted by molar-refractivity contribution is 5.61. The second kappa shape index (κ2) is 4.53. The van der Waals surface area contributed by atoms with Gasteiger partial charge < -0.3 is 9.30 Å². The van der Waals surface area contributed by atoms with E-state index in [0.29, 0.717) is 5.69 Å². The van der Waals surface area contributed by atoms with E-state index >= 15 is 0 Å². The van der Waals surface area contributed by atoms with Crippen LogP contribution in [0, 0.1) is 25.2 Å². The van der Waals surface area contributed by atoms with Crippen molar-refractivity contribution in [2.75, 3.05) is 7.11 Å². The lowest BCUT2D eigenvalue weighted by Crippen LogP contribution is -1.96. The normalized spacial score (nSPS) is 10.2. The van der Waals surface area contributed by atoms with Crippen molar-refractivity contribution < 1.29 is 4.74 Å². The van der Waals surface area contributed by atoms with Crippen LogP contribution in [0.15, 0.2) is 18.2 Å². The van der Waals surface area contributed by atoms with Crippen LogP contribution in [0.3, 0.4) is 0 Å². The molecule has 2 rings (SSSR count). The van der Waals surface area contributed by atoms with Crippen LogP contribution in [-0.4, -0.2) is 16.7 Å². The molecule has 0 unspecified atom stereocenters. The molecule has 0 aliphatic rings. The molecule has 4 heteroatoms. The lowest BCUT2D eigenvalue weighted by atomic mass is 10.1. The van der Waals surface area contributed by atoms with Crippen molar-refractivity contribution in [3.8, 4) is 23.2 Å². The summed E-state index contributed by atoms with van der Waals surface area (Å²) < 4.78 is 7.17. The zero-order valence-electron chi connectivity index (χ0n) is 11.0. The number of rotatable bonds is 2. The molecular weight excluding hydrogens is 226 g/mol. The van der Waals surface area contributed by atoms with Gasteiger partial charge >= 0.3 is 0 Å². The number of methoxy groups -OCH3 is 1. The first-order chi connectivity index (χ1) is 8.58. The minimum atomic E-state index is 0.473. The zero-order valence-corrected chi connectivity index (χ0v) is 11.0. The monoisotopic (exact) mass is 241 g/mol. The molecule has 0 amide bonds. The first-order valence-corrected chi connectivity index (χ1v) is 5.67. The fourth-order valence-corrected chi connectivity index (χ4v) is 1.96. The highest BCUT2D eigenvalue weighted by Crippen LogP contribution is 2.26. The Bertz CT molecular complexity index is 635. The number of hydrogen-bond acceptors (Lipinski definition) is 3. The van der Waals surface area contributed by atoms with Crippen LogP contribution in [0.1, 0.15) is 17.0 Å². The van der Waals surface area contributed by atoms with Crippen molar-refractivity contribution in [1.29, 1.82) is 5.26 Å². The number of benzene rings is 1. The Morgan fingerprint density at radius 3 is 2.56 bits per heavy atom. The van der Waals surface area contributed by atoms with Gasteiger partial charge in [0.2, 0.25) is 0 Å². The Labute approximate surface area is 106 Å². The molecule has 1 heterocycles. The SMILES string of the molecule is COc1ccc(-c2nc(C#N)c(C)n2C)cc1C. The molecule has 0 N–H and O–H groups in total. The van der Waals surface area contributed by atoms with Gasteiger partial charge in [-0.25, -0.2) is 4.98 Å². The van der Waals surface area contributed by atoms with Crippen LogP contribution in [0.2, 0.25) is 0 Å². The Hall–Kier alpha value is -2.28. The molecule has 0 aliphatic carbocycles. The summed E-state index contributed by atoms with van der Waals surface area (Å²) in [7, 11) is 3.57. The van der Waals surface area contributed by atoms with E-state index in [1.165, 1.54) is 0 Å². The average molecular weight is 241 g/mol. The summed E-state index contributed by atoms with van der Waals surface area (Å²) >= 11 is 0. The molecule has 1 aromatic carbocycles. The van der Waals surface area contributed by atoms with Gasteiger partial charge in [0.25, 0.3) is 0 Å². The second-order valence-electron chi connectivity index (χ2n) is 4.22. The second-order valence-corrected chi connectivity index (χ2v) is 4.22. The minimum absolute atomic E-state index is 0.473. The Balaban J connectivity index is 2.56. The Kier molecular flexibility index (Phi) is 3.07. The molecule has 0 saturated carbocycles. The minimum Gasteiger partial charge on any atom is -0.496 e. The molecule has 0 aliphatic heterocycles. The summed E-state index contributed by atoms with van der Waals surface area (Å²) in [5, 5.41) is 8.99. The van der Waals surface area contributed by atoms with Gasteiger partial charge in [0, 0.05) is 12.6 Å². The van der Waals surface area contributed by atoms with Gasteiger partial charge in [-0.3, -0.25) is 0 Å². The van der Waals surface area contributed by atoms with Crippen LogP contribution in [-0.2, 0) is 7.05 Å². The molecule has 0 atom stereocenters. The molecule has 0 radical (unpaired) electrons. The van der Waals surface area contributed by atoms with E-state index in [1.807, 2.05) is 43.7 Å². The lowest BCUT2D eigenvalue weighted by Gasteiger charge is -2.07. The third-order valence-corrected chi connectivity index (χ3v) is 3.14. The quantitative estimate of drug-likeness (QED) is 0.812. The first-order valence-electron chi connectivity index (χ1n) is 5.67. The predicted octanol–water partition coefficient (Wildman–Crippen LogP) is 2.58. The number of aryl methyl sites for hydroxylation is 1. The standard InChI is InChI=1S/C14H15N3O/c1-9-7-11(5-6-13(9)18-4)14-16-12(8-15)10(2)17(14)3/h5-7H,1-4H3. The number of nitrogens with zero attached hydrogens (tertiary/aromatic N) is 3. The van der Waals surface area contributed by atoms with Crippen molar-refractivity contribution in [3.05, 3.63) is 35.2 Å². The Morgan fingerprint density at radius 1 is 1.33 bits per heavy atom. The van der Waals surface area contributed by atoms with Crippen molar-refractivity contribution in [3.63, 3.8) is 0 Å². The smallest absolute Gasteiger partial charge is 0.162 e. The number of aromatic nitrogens is 2. The predicted molar refractivity (Wildman–Crippen MR) is 69.4 cm³/mol. The van der Waals surface area contributed by atoms with E-state index in [4.69, 9.17) is 10.00 Å². The molecule has 0 bridgehead atoms. The average Bonchev–Trinajstić information content (AvgIpc) is 2.66. The molecule has 4 nitrogen and oxygen atoms in total. The molecule has 92 valence electrons. The summed E-state index contributed by atoms with van der Waals surface area (Å²) in [6, 6.07) is 7.99. The van der Waals surface area contributed by atoms with E-state index in [-0.39, 0.29) is 0 Å². The third-order valence-electron chi connectivity index (χ3n) is 3.14. The van der Waals surface area contributed by atoms with Gasteiger partial charge in [0.05, 0.1) is 12.8 Å². The van der Waals surface area contributed by atoms with E-state index in [0.717, 1.165) is 28.4 Å². The number of nitriles is 1. The summed E-state index contributed by atoms with van der Waals surface area (Å²) in [5.41, 5.74) is 3.39. The van der Waals surface area contributed by atoms with E-state index in [1.54, 1.807) is 7.11 Å². The maximum absolute atomic E-state index is 8.99. The number of ether oxygens (including phenoxy) is 1. The maximum Gasteiger partial charge on any atom is 0.162 e. The van der Waals surface area contributed by atoms with Crippen molar-refractivity contribution in [2.24, 2.45) is 7.05 Å². The van der Waals surface area contributed by atoms with Crippen molar-refractivity contribution in [2.45, 2.75) is 13.8 Å². The summed E-state index contributed by atoms with van der Waals surface area (Å²) in [5.74, 6) is 1.65. The maximum atomic E-state index is 8.99. The highest BCUT2D eigenvalue weighted by atomic mass is 16.5. The van der Waals surface area contributed by atoms with E-state index in [9.17, 15) is 0 Å². The van der Waals surface area contributed by atoms with Crippen LogP contribution in [0.5, 0.6) is 5.75 Å². The van der Waals surface area contributed by atoms with Gasteiger partial charge in [-0.15, -0.1) is 0 Å². The summed E-state index contributed by atoms with van der Waals surface area (Å²) in [4.78, 5) is 4.36. The van der Waals surface area contributed by atoms with Crippen LogP contribution in [0.25, 0.3) is 11.4 Å². The highest BCUT2D eigenvalue weighted by Gasteiger charge is 2.13. The third kappa shape index (κ3) is 1.84. The van der Waals surface area contributed by atoms with Gasteiger partial charge in [-0.2, -0.15) is 5.26 Å². The van der Waals surface area contributed by atoms with Gasteiger partial charge in [0.1, 0.15) is 17.6 Å². The Morgan fingerprint density at radius 2 is 2.06 bits per heavy atom. The molecular formula is C14H15N3O. The van der Waals surface area contributed by atoms with E-state index < -0.39 is 0 Å². The molecule has 2 aromatic rings. The largest absolute Gasteiger partial charge is 0.496 e. The molecule has 0 saturated heterocycles. The van der Waals surface area contributed by atoms with Gasteiger partial charge in [-0.1, -0.05) is 0 Å². The zero-order chi connectivity index (χ0) is 13.3. The topological polar surface area (TPSA) is 50.8 Å². The van der Waals surface area contributed by atoms with Gasteiger partial charge in [-0.05, 0) is 37.6 Å². The van der Waals surface area contributed by atoms with Crippen LogP contribution < -0.4 is 4.74 Å². The molecule has 0 spiro atoms. The van der Waals surface area contributed by atoms with Crippen LogP contribution >= 0.6 is 0 Å². The summed E-state index contributed by atoms with van der Waals surface area (Å²) in [6.45, 7) is 3.88. The van der Waals surface area contributed by atoms with Crippen molar-refractivity contribution in [1.82, 2.24) is 9.55 Å². The number of imidazole rings is 1. The molecule has 18 heavy (non-hydrogen) atoms. The fraction of sp³-hybridized carbons (Fsp3) is 0.286. The summed E-state index contributed by atoms with van der Waals surface area (Å²) in [6.07, 6.45) is 0. The fourth-order valence-electron chi connectivity index (χ4n) is 1.96.